The van der Waals surface area contributed by atoms with Crippen LogP contribution in [0.25, 0.3) is 0 Å². The summed E-state index contributed by atoms with van der Waals surface area (Å²) in [6.45, 7) is 5.50. The van der Waals surface area contributed by atoms with E-state index in [0.717, 1.165) is 28.1 Å². The number of hydrogen-bond donors (Lipinski definition) is 0. The van der Waals surface area contributed by atoms with E-state index in [1.807, 2.05) is 26.0 Å². The lowest BCUT2D eigenvalue weighted by molar-refractivity contribution is -0.868. The molecule has 0 aromatic carbocycles. The first-order valence-corrected chi connectivity index (χ1v) is 6.85. The summed E-state index contributed by atoms with van der Waals surface area (Å²) in [6.07, 6.45) is 0. The summed E-state index contributed by atoms with van der Waals surface area (Å²) < 4.78 is 0.808. The molecule has 1 aromatic heterocycles. The molecule has 0 saturated heterocycles. The van der Waals surface area contributed by atoms with Crippen molar-refractivity contribution in [1.82, 2.24) is 9.88 Å². The second-order valence-corrected chi connectivity index (χ2v) is 6.49. The van der Waals surface area contributed by atoms with E-state index in [0.29, 0.717) is 6.54 Å². The number of nitrogens with zero attached hydrogens (tertiary/aromatic N) is 4. The Morgan fingerprint density at radius 3 is 2.25 bits per heavy atom. The smallest absolute Gasteiger partial charge is 0.325 e. The van der Waals surface area contributed by atoms with Gasteiger partial charge in [-0.25, -0.2) is 9.78 Å². The monoisotopic (exact) mass is 279 g/mol. The molecule has 0 saturated carbocycles. The largest absolute Gasteiger partial charge is 0.330 e. The Labute approximate surface area is 122 Å². The molecule has 112 valence electrons. The van der Waals surface area contributed by atoms with Gasteiger partial charge in [-0.2, -0.15) is 0 Å². The van der Waals surface area contributed by atoms with E-state index < -0.39 is 0 Å². The van der Waals surface area contributed by atoms with E-state index in [9.17, 15) is 4.79 Å². The zero-order valence-electron chi connectivity index (χ0n) is 13.8. The Hall–Kier alpha value is -1.62. The SMILES string of the molecule is Cc1cc(C)nc(N(CC[N+](C)(C)C)C(=O)N(C)C)c1. The maximum Gasteiger partial charge on any atom is 0.325 e. The van der Waals surface area contributed by atoms with E-state index in [1.165, 1.54) is 0 Å². The molecule has 1 rings (SSSR count). The van der Waals surface area contributed by atoms with Gasteiger partial charge in [0.05, 0.1) is 34.2 Å². The molecule has 0 N–H and O–H groups in total. The van der Waals surface area contributed by atoms with Crippen molar-refractivity contribution in [2.45, 2.75) is 13.8 Å². The lowest BCUT2D eigenvalue weighted by Gasteiger charge is -2.30. The molecular weight excluding hydrogens is 252 g/mol. The van der Waals surface area contributed by atoms with Gasteiger partial charge >= 0.3 is 6.03 Å². The van der Waals surface area contributed by atoms with Crippen LogP contribution in [-0.2, 0) is 0 Å². The van der Waals surface area contributed by atoms with E-state index in [4.69, 9.17) is 0 Å². The van der Waals surface area contributed by atoms with Crippen LogP contribution in [0.15, 0.2) is 12.1 Å². The molecule has 20 heavy (non-hydrogen) atoms. The minimum atomic E-state index is -0.0315. The molecule has 0 radical (unpaired) electrons. The van der Waals surface area contributed by atoms with Crippen molar-refractivity contribution in [2.24, 2.45) is 0 Å². The summed E-state index contributed by atoms with van der Waals surface area (Å²) >= 11 is 0. The number of carbonyl (C=O) groups excluding carboxylic acids is 1. The Morgan fingerprint density at radius 1 is 1.20 bits per heavy atom. The third kappa shape index (κ3) is 4.81. The highest BCUT2D eigenvalue weighted by atomic mass is 16.2. The lowest BCUT2D eigenvalue weighted by Crippen LogP contribution is -2.47. The first kappa shape index (κ1) is 16.4. The second-order valence-electron chi connectivity index (χ2n) is 6.49. The third-order valence-corrected chi connectivity index (χ3v) is 2.97. The molecule has 1 aromatic rings. The summed E-state index contributed by atoms with van der Waals surface area (Å²) in [6, 6.07) is 3.95. The van der Waals surface area contributed by atoms with Crippen LogP contribution < -0.4 is 4.90 Å². The molecule has 0 spiro atoms. The van der Waals surface area contributed by atoms with Crippen molar-refractivity contribution in [3.8, 4) is 0 Å². The summed E-state index contributed by atoms with van der Waals surface area (Å²) in [5.74, 6) is 0.731. The van der Waals surface area contributed by atoms with Gasteiger partial charge in [0.1, 0.15) is 5.82 Å². The van der Waals surface area contributed by atoms with Crippen molar-refractivity contribution < 1.29 is 9.28 Å². The van der Waals surface area contributed by atoms with Crippen molar-refractivity contribution in [3.63, 3.8) is 0 Å². The number of quaternary nitrogens is 1. The fraction of sp³-hybridized carbons (Fsp3) is 0.600. The zero-order valence-corrected chi connectivity index (χ0v) is 13.8. The maximum atomic E-state index is 12.4. The van der Waals surface area contributed by atoms with Crippen molar-refractivity contribution >= 4 is 11.8 Å². The topological polar surface area (TPSA) is 36.4 Å². The van der Waals surface area contributed by atoms with E-state index >= 15 is 0 Å². The standard InChI is InChI=1S/C15H27N4O/c1-12-10-13(2)16-14(11-12)18(15(20)17(3)4)8-9-19(5,6)7/h10-11H,8-9H2,1-7H3/q+1. The Kier molecular flexibility index (Phi) is 5.11. The molecule has 5 heteroatoms. The molecule has 1 heterocycles. The highest BCUT2D eigenvalue weighted by Crippen LogP contribution is 2.16. The number of aryl methyl sites for hydroxylation is 2. The number of anilines is 1. The molecule has 0 fully saturated rings. The number of amides is 2. The minimum Gasteiger partial charge on any atom is -0.330 e. The molecular formula is C15H27N4O+. The van der Waals surface area contributed by atoms with Crippen LogP contribution in [0.4, 0.5) is 10.6 Å². The van der Waals surface area contributed by atoms with Gasteiger partial charge in [-0.15, -0.1) is 0 Å². The Balaban J connectivity index is 3.06. The highest BCUT2D eigenvalue weighted by Gasteiger charge is 2.21. The lowest BCUT2D eigenvalue weighted by atomic mass is 10.2. The van der Waals surface area contributed by atoms with Crippen LogP contribution >= 0.6 is 0 Å². The van der Waals surface area contributed by atoms with Crippen molar-refractivity contribution in [3.05, 3.63) is 23.4 Å². The zero-order chi connectivity index (χ0) is 15.5. The van der Waals surface area contributed by atoms with Crippen molar-refractivity contribution in [1.29, 1.82) is 0 Å². The number of urea groups is 1. The number of aromatic nitrogens is 1. The van der Waals surface area contributed by atoms with Crippen LogP contribution in [0, 0.1) is 13.8 Å². The van der Waals surface area contributed by atoms with E-state index in [1.54, 1.807) is 23.9 Å². The third-order valence-electron chi connectivity index (χ3n) is 2.97. The summed E-state index contributed by atoms with van der Waals surface area (Å²) in [5.41, 5.74) is 2.05. The van der Waals surface area contributed by atoms with Gasteiger partial charge in [-0.3, -0.25) is 4.90 Å². The van der Waals surface area contributed by atoms with E-state index in [-0.39, 0.29) is 6.03 Å². The molecule has 0 atom stereocenters. The normalized spacial score (nSPS) is 11.3. The molecule has 0 unspecified atom stereocenters. The van der Waals surface area contributed by atoms with Gasteiger partial charge < -0.3 is 9.38 Å². The molecule has 2 amide bonds. The first-order valence-electron chi connectivity index (χ1n) is 6.85. The fourth-order valence-corrected chi connectivity index (χ4v) is 1.91. The van der Waals surface area contributed by atoms with Crippen molar-refractivity contribution in [2.75, 3.05) is 53.2 Å². The van der Waals surface area contributed by atoms with Crippen LogP contribution in [-0.4, -0.2) is 68.7 Å². The molecule has 0 aliphatic rings. The fourth-order valence-electron chi connectivity index (χ4n) is 1.91. The molecule has 0 bridgehead atoms. The summed E-state index contributed by atoms with van der Waals surface area (Å²) in [5, 5.41) is 0. The first-order chi connectivity index (χ1) is 9.10. The molecule has 0 aliphatic carbocycles. The molecule has 5 nitrogen and oxygen atoms in total. The van der Waals surface area contributed by atoms with Crippen LogP contribution in [0.1, 0.15) is 11.3 Å². The second kappa shape index (κ2) is 6.22. The summed E-state index contributed by atoms with van der Waals surface area (Å²) in [4.78, 5) is 20.2. The molecule has 0 aliphatic heterocycles. The van der Waals surface area contributed by atoms with Gasteiger partial charge in [-0.1, -0.05) is 0 Å². The number of hydrogen-bond acceptors (Lipinski definition) is 2. The highest BCUT2D eigenvalue weighted by molar-refractivity contribution is 5.90. The van der Waals surface area contributed by atoms with Gasteiger partial charge in [0, 0.05) is 19.8 Å². The van der Waals surface area contributed by atoms with Gasteiger partial charge in [0.15, 0.2) is 0 Å². The van der Waals surface area contributed by atoms with Crippen LogP contribution in [0.5, 0.6) is 0 Å². The Morgan fingerprint density at radius 2 is 1.80 bits per heavy atom. The Bertz CT molecular complexity index is 457. The van der Waals surface area contributed by atoms with Gasteiger partial charge in [0.2, 0.25) is 0 Å². The van der Waals surface area contributed by atoms with Gasteiger partial charge in [0.25, 0.3) is 0 Å². The van der Waals surface area contributed by atoms with Crippen LogP contribution in [0.3, 0.4) is 0 Å². The number of rotatable bonds is 4. The average Bonchev–Trinajstić information content (AvgIpc) is 2.25. The van der Waals surface area contributed by atoms with E-state index in [2.05, 4.69) is 26.1 Å². The average molecular weight is 279 g/mol. The van der Waals surface area contributed by atoms with Gasteiger partial charge in [-0.05, 0) is 31.5 Å². The van der Waals surface area contributed by atoms with Crippen LogP contribution in [0.2, 0.25) is 0 Å². The predicted molar refractivity (Wildman–Crippen MR) is 83.0 cm³/mol. The number of pyridine rings is 1. The number of carbonyl (C=O) groups is 1. The number of likely N-dealkylation sites (N-methyl/N-ethyl adjacent to an activating group) is 1. The maximum absolute atomic E-state index is 12.4. The minimum absolute atomic E-state index is 0.0315. The summed E-state index contributed by atoms with van der Waals surface area (Å²) in [7, 11) is 9.89. The quantitative estimate of drug-likeness (QED) is 0.789. The predicted octanol–water partition coefficient (Wildman–Crippen LogP) is 1.89.